The Morgan fingerprint density at radius 3 is 2.45 bits per heavy atom. The maximum atomic E-state index is 11.9. The highest BCUT2D eigenvalue weighted by Crippen LogP contribution is 2.13. The van der Waals surface area contributed by atoms with E-state index in [9.17, 15) is 4.79 Å². The zero-order chi connectivity index (χ0) is 14.9. The molecular weight excluding hydrogens is 302 g/mol. The molecule has 124 valence electrons. The van der Waals surface area contributed by atoms with Gasteiger partial charge >= 0.3 is 5.97 Å². The van der Waals surface area contributed by atoms with Crippen LogP contribution >= 0.6 is 12.4 Å². The van der Waals surface area contributed by atoms with E-state index in [-0.39, 0.29) is 18.4 Å². The number of rotatable bonds is 8. The van der Waals surface area contributed by atoms with Gasteiger partial charge in [0, 0.05) is 6.54 Å². The molecule has 0 saturated carbocycles. The minimum absolute atomic E-state index is 0. The highest BCUT2D eigenvalue weighted by atomic mass is 35.5. The first-order valence-corrected chi connectivity index (χ1v) is 7.92. The largest absolute Gasteiger partial charge is 0.494 e. The van der Waals surface area contributed by atoms with Crippen molar-refractivity contribution in [2.45, 2.75) is 32.6 Å². The molecule has 0 aliphatic carbocycles. The summed E-state index contributed by atoms with van der Waals surface area (Å²) in [5, 5.41) is 0. The zero-order valence-electron chi connectivity index (χ0n) is 13.3. The van der Waals surface area contributed by atoms with Crippen LogP contribution in [0.3, 0.4) is 0 Å². The minimum atomic E-state index is -0.251. The van der Waals surface area contributed by atoms with Crippen molar-refractivity contribution in [2.24, 2.45) is 0 Å². The second-order valence-corrected chi connectivity index (χ2v) is 5.41. The van der Waals surface area contributed by atoms with Gasteiger partial charge in [0.05, 0.1) is 18.8 Å². The standard InChI is InChI=1S/C17H25NO3.ClH/c1-2-13-20-16-8-6-15(7-9-16)17(19)21-14-5-12-18-10-3-4-11-18;/h6-9H,2-5,10-14H2,1H3;1H. The van der Waals surface area contributed by atoms with Crippen molar-refractivity contribution >= 4 is 18.4 Å². The van der Waals surface area contributed by atoms with Gasteiger partial charge in [-0.05, 0) is 63.0 Å². The average molecular weight is 328 g/mol. The molecular formula is C17H26ClNO3. The maximum absolute atomic E-state index is 11.9. The first-order chi connectivity index (χ1) is 10.3. The molecule has 1 saturated heterocycles. The van der Waals surface area contributed by atoms with Crippen LogP contribution in [0, 0.1) is 0 Å². The van der Waals surface area contributed by atoms with Crippen molar-refractivity contribution in [1.82, 2.24) is 4.90 Å². The van der Waals surface area contributed by atoms with E-state index in [1.807, 2.05) is 12.1 Å². The number of carbonyl (C=O) groups excluding carboxylic acids is 1. The van der Waals surface area contributed by atoms with Crippen LogP contribution in [0.2, 0.25) is 0 Å². The van der Waals surface area contributed by atoms with Gasteiger partial charge in [-0.15, -0.1) is 12.4 Å². The van der Waals surface area contributed by atoms with E-state index in [2.05, 4.69) is 11.8 Å². The number of carbonyl (C=O) groups is 1. The molecule has 1 aromatic rings. The summed E-state index contributed by atoms with van der Waals surface area (Å²) in [5.74, 6) is 0.542. The number of esters is 1. The third-order valence-corrected chi connectivity index (χ3v) is 3.61. The van der Waals surface area contributed by atoms with Gasteiger partial charge in [0.2, 0.25) is 0 Å². The molecule has 0 N–H and O–H groups in total. The van der Waals surface area contributed by atoms with Gasteiger partial charge in [-0.2, -0.15) is 0 Å². The van der Waals surface area contributed by atoms with Crippen molar-refractivity contribution in [1.29, 1.82) is 0 Å². The number of likely N-dealkylation sites (tertiary alicyclic amines) is 1. The first-order valence-electron chi connectivity index (χ1n) is 7.92. The summed E-state index contributed by atoms with van der Waals surface area (Å²) in [7, 11) is 0. The normalized spacial score (nSPS) is 14.4. The Labute approximate surface area is 139 Å². The number of hydrogen-bond donors (Lipinski definition) is 0. The Morgan fingerprint density at radius 2 is 1.82 bits per heavy atom. The number of ether oxygens (including phenoxy) is 2. The summed E-state index contributed by atoms with van der Waals surface area (Å²) in [6.45, 7) is 6.65. The monoisotopic (exact) mass is 327 g/mol. The second-order valence-electron chi connectivity index (χ2n) is 5.41. The minimum Gasteiger partial charge on any atom is -0.494 e. The molecule has 0 aromatic heterocycles. The average Bonchev–Trinajstić information content (AvgIpc) is 3.03. The lowest BCUT2D eigenvalue weighted by molar-refractivity contribution is 0.0491. The van der Waals surface area contributed by atoms with Gasteiger partial charge < -0.3 is 14.4 Å². The van der Waals surface area contributed by atoms with Gasteiger partial charge in [0.15, 0.2) is 0 Å². The molecule has 1 aliphatic rings. The molecule has 0 radical (unpaired) electrons. The molecule has 2 rings (SSSR count). The van der Waals surface area contributed by atoms with Crippen LogP contribution in [-0.4, -0.2) is 43.7 Å². The lowest BCUT2D eigenvalue weighted by Gasteiger charge is -2.14. The quantitative estimate of drug-likeness (QED) is 0.541. The lowest BCUT2D eigenvalue weighted by atomic mass is 10.2. The van der Waals surface area contributed by atoms with Gasteiger partial charge in [-0.25, -0.2) is 4.79 Å². The molecule has 5 heteroatoms. The van der Waals surface area contributed by atoms with E-state index in [1.54, 1.807) is 12.1 Å². The van der Waals surface area contributed by atoms with E-state index >= 15 is 0 Å². The van der Waals surface area contributed by atoms with Crippen molar-refractivity contribution in [3.63, 3.8) is 0 Å². The molecule has 0 unspecified atom stereocenters. The summed E-state index contributed by atoms with van der Waals surface area (Å²) >= 11 is 0. The third kappa shape index (κ3) is 6.24. The van der Waals surface area contributed by atoms with E-state index in [0.29, 0.717) is 18.8 Å². The number of halogens is 1. The van der Waals surface area contributed by atoms with Crippen molar-refractivity contribution in [3.8, 4) is 5.75 Å². The predicted octanol–water partition coefficient (Wildman–Crippen LogP) is 3.54. The Kier molecular flexibility index (Phi) is 8.94. The van der Waals surface area contributed by atoms with E-state index < -0.39 is 0 Å². The Bertz CT molecular complexity index is 430. The predicted molar refractivity (Wildman–Crippen MR) is 90.0 cm³/mol. The van der Waals surface area contributed by atoms with E-state index in [4.69, 9.17) is 9.47 Å². The van der Waals surface area contributed by atoms with Crippen LogP contribution in [0.4, 0.5) is 0 Å². The molecule has 1 heterocycles. The lowest BCUT2D eigenvalue weighted by Crippen LogP contribution is -2.22. The summed E-state index contributed by atoms with van der Waals surface area (Å²) < 4.78 is 10.8. The molecule has 0 bridgehead atoms. The Balaban J connectivity index is 0.00000242. The van der Waals surface area contributed by atoms with Crippen molar-refractivity contribution < 1.29 is 14.3 Å². The fraction of sp³-hybridized carbons (Fsp3) is 0.588. The molecule has 0 atom stereocenters. The molecule has 1 aliphatic heterocycles. The van der Waals surface area contributed by atoms with Gasteiger partial charge in [-0.3, -0.25) is 0 Å². The van der Waals surface area contributed by atoms with Gasteiger partial charge in [0.25, 0.3) is 0 Å². The molecule has 0 spiro atoms. The van der Waals surface area contributed by atoms with Crippen LogP contribution in [-0.2, 0) is 4.74 Å². The third-order valence-electron chi connectivity index (χ3n) is 3.61. The van der Waals surface area contributed by atoms with Crippen LogP contribution in [0.25, 0.3) is 0 Å². The Hall–Kier alpha value is -1.26. The second kappa shape index (κ2) is 10.5. The van der Waals surface area contributed by atoms with Gasteiger partial charge in [0.1, 0.15) is 5.75 Å². The van der Waals surface area contributed by atoms with Crippen LogP contribution in [0.5, 0.6) is 5.75 Å². The molecule has 1 fully saturated rings. The zero-order valence-corrected chi connectivity index (χ0v) is 14.1. The summed E-state index contributed by atoms with van der Waals surface area (Å²) in [6.07, 6.45) is 4.47. The molecule has 0 amide bonds. The summed E-state index contributed by atoms with van der Waals surface area (Å²) in [4.78, 5) is 14.3. The Morgan fingerprint density at radius 1 is 1.14 bits per heavy atom. The van der Waals surface area contributed by atoms with E-state index in [0.717, 1.165) is 25.1 Å². The summed E-state index contributed by atoms with van der Waals surface area (Å²) in [5.41, 5.74) is 0.583. The van der Waals surface area contributed by atoms with Crippen molar-refractivity contribution in [3.05, 3.63) is 29.8 Å². The maximum Gasteiger partial charge on any atom is 0.338 e. The highest BCUT2D eigenvalue weighted by molar-refractivity contribution is 5.89. The fourth-order valence-corrected chi connectivity index (χ4v) is 2.45. The summed E-state index contributed by atoms with van der Waals surface area (Å²) in [6, 6.07) is 7.15. The fourth-order valence-electron chi connectivity index (χ4n) is 2.45. The first kappa shape index (κ1) is 18.8. The van der Waals surface area contributed by atoms with Gasteiger partial charge in [-0.1, -0.05) is 6.92 Å². The SMILES string of the molecule is CCCOc1ccc(C(=O)OCCCN2CCCC2)cc1.Cl. The number of nitrogens with zero attached hydrogens (tertiary/aromatic N) is 1. The smallest absolute Gasteiger partial charge is 0.338 e. The number of hydrogen-bond acceptors (Lipinski definition) is 4. The van der Waals surface area contributed by atoms with Crippen LogP contribution in [0.15, 0.2) is 24.3 Å². The number of benzene rings is 1. The molecule has 4 nitrogen and oxygen atoms in total. The van der Waals surface area contributed by atoms with Crippen molar-refractivity contribution in [2.75, 3.05) is 32.8 Å². The van der Waals surface area contributed by atoms with Crippen LogP contribution < -0.4 is 4.74 Å². The van der Waals surface area contributed by atoms with E-state index in [1.165, 1.54) is 25.9 Å². The molecule has 1 aromatic carbocycles. The molecule has 22 heavy (non-hydrogen) atoms. The van der Waals surface area contributed by atoms with Crippen LogP contribution in [0.1, 0.15) is 43.0 Å². The highest BCUT2D eigenvalue weighted by Gasteiger charge is 2.11. The topological polar surface area (TPSA) is 38.8 Å².